The second kappa shape index (κ2) is 7.15. The van der Waals surface area contributed by atoms with E-state index in [1.54, 1.807) is 6.92 Å². The zero-order valence-electron chi connectivity index (χ0n) is 11.6. The number of carbonyl (C=O) groups is 1. The van der Waals surface area contributed by atoms with Gasteiger partial charge in [0.1, 0.15) is 6.07 Å². The highest BCUT2D eigenvalue weighted by Gasteiger charge is 2.48. The van der Waals surface area contributed by atoms with E-state index in [-0.39, 0.29) is 12.2 Å². The Morgan fingerprint density at radius 1 is 1.39 bits per heavy atom. The van der Waals surface area contributed by atoms with Crippen molar-refractivity contribution in [3.63, 3.8) is 0 Å². The van der Waals surface area contributed by atoms with Crippen molar-refractivity contribution in [2.45, 2.75) is 12.4 Å². The fourth-order valence-corrected chi connectivity index (χ4v) is 1.81. The van der Waals surface area contributed by atoms with E-state index in [4.69, 9.17) is 5.26 Å². The van der Waals surface area contributed by atoms with Crippen molar-refractivity contribution in [1.82, 2.24) is 0 Å². The predicted octanol–water partition coefficient (Wildman–Crippen LogP) is 2.36. The van der Waals surface area contributed by atoms with Crippen molar-refractivity contribution in [3.8, 4) is 11.8 Å². The van der Waals surface area contributed by atoms with E-state index in [9.17, 15) is 26.4 Å². The third kappa shape index (κ3) is 5.00. The Bertz CT molecular complexity index is 763. The molecular weight excluding hydrogens is 339 g/mol. The number of rotatable bonds is 5. The standard InChI is InChI=1S/C13H10F3NO5S/c1-2-21-12(18)6-4-9-3-5-11(10(7-9)8-17)22-23(19,20)13(14,15)16/h3-7H,2H2,1H3/b6-4+. The van der Waals surface area contributed by atoms with Crippen LogP contribution < -0.4 is 4.18 Å². The number of benzene rings is 1. The Kier molecular flexibility index (Phi) is 5.75. The maximum atomic E-state index is 12.3. The average molecular weight is 349 g/mol. The fourth-order valence-electron chi connectivity index (χ4n) is 1.33. The number of nitriles is 1. The molecular formula is C13H10F3NO5S. The van der Waals surface area contributed by atoms with Gasteiger partial charge in [0.05, 0.1) is 12.2 Å². The molecule has 124 valence electrons. The number of halogens is 3. The largest absolute Gasteiger partial charge is 0.534 e. The third-order valence-electron chi connectivity index (χ3n) is 2.31. The number of ether oxygens (including phenoxy) is 1. The van der Waals surface area contributed by atoms with E-state index < -0.39 is 32.9 Å². The summed E-state index contributed by atoms with van der Waals surface area (Å²) in [5.41, 5.74) is -5.78. The van der Waals surface area contributed by atoms with Gasteiger partial charge >= 0.3 is 21.6 Å². The third-order valence-corrected chi connectivity index (χ3v) is 3.27. The highest BCUT2D eigenvalue weighted by Crippen LogP contribution is 2.29. The lowest BCUT2D eigenvalue weighted by molar-refractivity contribution is -0.137. The normalized spacial score (nSPS) is 12.0. The van der Waals surface area contributed by atoms with E-state index in [1.165, 1.54) is 18.2 Å². The zero-order chi connectivity index (χ0) is 17.7. The summed E-state index contributed by atoms with van der Waals surface area (Å²) in [7, 11) is -5.87. The Hall–Kier alpha value is -2.54. The van der Waals surface area contributed by atoms with Crippen LogP contribution in [-0.2, 0) is 19.6 Å². The molecule has 0 atom stereocenters. The number of hydrogen-bond acceptors (Lipinski definition) is 6. The minimum absolute atomic E-state index is 0.161. The molecule has 0 saturated carbocycles. The topological polar surface area (TPSA) is 93.5 Å². The minimum Gasteiger partial charge on any atom is -0.463 e. The van der Waals surface area contributed by atoms with Gasteiger partial charge in [0.25, 0.3) is 0 Å². The van der Waals surface area contributed by atoms with Gasteiger partial charge in [-0.1, -0.05) is 6.07 Å². The van der Waals surface area contributed by atoms with Crippen LogP contribution >= 0.6 is 0 Å². The molecule has 1 aromatic carbocycles. The van der Waals surface area contributed by atoms with Gasteiger partial charge in [0.15, 0.2) is 5.75 Å². The van der Waals surface area contributed by atoms with Crippen LogP contribution in [0.2, 0.25) is 0 Å². The first-order chi connectivity index (χ1) is 10.6. The molecule has 0 N–H and O–H groups in total. The Labute approximate surface area is 129 Å². The molecule has 0 radical (unpaired) electrons. The smallest absolute Gasteiger partial charge is 0.463 e. The van der Waals surface area contributed by atoms with Crippen LogP contribution in [0, 0.1) is 11.3 Å². The van der Waals surface area contributed by atoms with Crippen LogP contribution in [0.1, 0.15) is 18.1 Å². The summed E-state index contributed by atoms with van der Waals surface area (Å²) in [5, 5.41) is 8.88. The van der Waals surface area contributed by atoms with Crippen molar-refractivity contribution >= 4 is 22.2 Å². The van der Waals surface area contributed by atoms with E-state index in [1.807, 2.05) is 0 Å². The Morgan fingerprint density at radius 2 is 2.04 bits per heavy atom. The lowest BCUT2D eigenvalue weighted by Gasteiger charge is -2.10. The van der Waals surface area contributed by atoms with Crippen molar-refractivity contribution in [3.05, 3.63) is 35.4 Å². The van der Waals surface area contributed by atoms with E-state index >= 15 is 0 Å². The Morgan fingerprint density at radius 3 is 2.57 bits per heavy atom. The molecule has 0 amide bonds. The van der Waals surface area contributed by atoms with Crippen LogP contribution in [-0.4, -0.2) is 26.5 Å². The number of carbonyl (C=O) groups excluding carboxylic acids is 1. The first-order valence-corrected chi connectivity index (χ1v) is 7.41. The molecule has 0 aromatic heterocycles. The first-order valence-electron chi connectivity index (χ1n) is 6.00. The SMILES string of the molecule is CCOC(=O)/C=C/c1ccc(OS(=O)(=O)C(F)(F)F)c(C#N)c1. The Balaban J connectivity index is 3.08. The summed E-state index contributed by atoms with van der Waals surface area (Å²) in [6.07, 6.45) is 2.30. The van der Waals surface area contributed by atoms with Gasteiger partial charge in [-0.25, -0.2) is 4.79 Å². The molecule has 6 nitrogen and oxygen atoms in total. The fraction of sp³-hybridized carbons (Fsp3) is 0.231. The second-order valence-electron chi connectivity index (χ2n) is 3.94. The maximum Gasteiger partial charge on any atom is 0.534 e. The number of nitrogens with zero attached hydrogens (tertiary/aromatic N) is 1. The highest BCUT2D eigenvalue weighted by molar-refractivity contribution is 7.88. The van der Waals surface area contributed by atoms with Gasteiger partial charge in [-0.3, -0.25) is 0 Å². The van der Waals surface area contributed by atoms with Crippen LogP contribution in [0.3, 0.4) is 0 Å². The summed E-state index contributed by atoms with van der Waals surface area (Å²) in [6, 6.07) is 4.64. The van der Waals surface area contributed by atoms with Crippen molar-refractivity contribution in [2.75, 3.05) is 6.61 Å². The number of esters is 1. The minimum atomic E-state index is -5.87. The molecule has 0 saturated heterocycles. The summed E-state index contributed by atoms with van der Waals surface area (Å²) < 4.78 is 67.2. The lowest BCUT2D eigenvalue weighted by Crippen LogP contribution is -2.28. The molecule has 0 spiro atoms. The van der Waals surface area contributed by atoms with Crippen LogP contribution in [0.5, 0.6) is 5.75 Å². The maximum absolute atomic E-state index is 12.3. The van der Waals surface area contributed by atoms with E-state index in [0.29, 0.717) is 0 Å². The second-order valence-corrected chi connectivity index (χ2v) is 5.47. The molecule has 10 heteroatoms. The molecule has 0 heterocycles. The molecule has 0 bridgehead atoms. The average Bonchev–Trinajstić information content (AvgIpc) is 2.45. The van der Waals surface area contributed by atoms with Crippen molar-refractivity contribution in [2.24, 2.45) is 0 Å². The lowest BCUT2D eigenvalue weighted by atomic mass is 10.1. The van der Waals surface area contributed by atoms with E-state index in [2.05, 4.69) is 8.92 Å². The summed E-state index contributed by atoms with van der Waals surface area (Å²) >= 11 is 0. The van der Waals surface area contributed by atoms with Gasteiger partial charge in [-0.2, -0.15) is 26.9 Å². The van der Waals surface area contributed by atoms with Gasteiger partial charge < -0.3 is 8.92 Å². The molecule has 23 heavy (non-hydrogen) atoms. The number of alkyl halides is 3. The molecule has 0 fully saturated rings. The monoisotopic (exact) mass is 349 g/mol. The van der Waals surface area contributed by atoms with Gasteiger partial charge in [-0.15, -0.1) is 0 Å². The van der Waals surface area contributed by atoms with Crippen molar-refractivity contribution < 1.29 is 35.3 Å². The van der Waals surface area contributed by atoms with E-state index in [0.717, 1.165) is 18.2 Å². The summed E-state index contributed by atoms with van der Waals surface area (Å²) in [4.78, 5) is 11.1. The summed E-state index contributed by atoms with van der Waals surface area (Å²) in [6.45, 7) is 1.77. The van der Waals surface area contributed by atoms with Gasteiger partial charge in [-0.05, 0) is 30.7 Å². The van der Waals surface area contributed by atoms with Gasteiger partial charge in [0, 0.05) is 6.08 Å². The van der Waals surface area contributed by atoms with Crippen LogP contribution in [0.4, 0.5) is 13.2 Å². The first kappa shape index (κ1) is 18.5. The predicted molar refractivity (Wildman–Crippen MR) is 72.4 cm³/mol. The van der Waals surface area contributed by atoms with Gasteiger partial charge in [0.2, 0.25) is 0 Å². The molecule has 0 unspecified atom stereocenters. The number of hydrogen-bond donors (Lipinski definition) is 0. The molecule has 0 aliphatic rings. The van der Waals surface area contributed by atoms with Crippen molar-refractivity contribution in [1.29, 1.82) is 5.26 Å². The molecule has 0 aliphatic heterocycles. The van der Waals surface area contributed by atoms with Crippen LogP contribution in [0.15, 0.2) is 24.3 Å². The highest BCUT2D eigenvalue weighted by atomic mass is 32.2. The zero-order valence-corrected chi connectivity index (χ0v) is 12.4. The quantitative estimate of drug-likeness (QED) is 0.351. The van der Waals surface area contributed by atoms with Crippen LogP contribution in [0.25, 0.3) is 6.08 Å². The molecule has 1 aromatic rings. The summed E-state index contributed by atoms with van der Waals surface area (Å²) in [5.74, 6) is -1.41. The molecule has 1 rings (SSSR count). The molecule has 0 aliphatic carbocycles.